The maximum Gasteiger partial charge on any atom is 0.134 e. The Morgan fingerprint density at radius 1 is 1.15 bits per heavy atom. The highest BCUT2D eigenvalue weighted by atomic mass is 79.9. The zero-order valence-corrected chi connectivity index (χ0v) is 14.1. The van der Waals surface area contributed by atoms with Gasteiger partial charge in [-0.2, -0.15) is 0 Å². The lowest BCUT2D eigenvalue weighted by molar-refractivity contribution is 0.297. The van der Waals surface area contributed by atoms with Crippen molar-refractivity contribution in [3.8, 4) is 5.75 Å². The van der Waals surface area contributed by atoms with Crippen LogP contribution in [0.5, 0.6) is 5.75 Å². The molecule has 0 atom stereocenters. The number of ether oxygens (including phenoxy) is 1. The molecule has 2 aromatic rings. The van der Waals surface area contributed by atoms with Crippen LogP contribution in [-0.2, 0) is 13.2 Å². The van der Waals surface area contributed by atoms with Crippen molar-refractivity contribution in [1.82, 2.24) is 5.32 Å². The average Bonchev–Trinajstić information content (AvgIpc) is 2.41. The molecule has 1 N–H and O–H groups in total. The molecule has 106 valence electrons. The van der Waals surface area contributed by atoms with E-state index in [1.54, 1.807) is 6.07 Å². The second-order valence-corrected chi connectivity index (χ2v) is 6.09. The van der Waals surface area contributed by atoms with E-state index in [2.05, 4.69) is 37.2 Å². The lowest BCUT2D eigenvalue weighted by Crippen LogP contribution is -2.07. The fourth-order valence-corrected chi connectivity index (χ4v) is 2.96. The van der Waals surface area contributed by atoms with E-state index in [1.807, 2.05) is 31.3 Å². The summed E-state index contributed by atoms with van der Waals surface area (Å²) in [7, 11) is 1.86. The summed E-state index contributed by atoms with van der Waals surface area (Å²) in [5, 5.41) is 3.04. The largest absolute Gasteiger partial charge is 0.488 e. The van der Waals surface area contributed by atoms with E-state index in [1.165, 1.54) is 6.07 Å². The molecule has 0 aliphatic rings. The summed E-state index contributed by atoms with van der Waals surface area (Å²) in [6, 6.07) is 10.7. The zero-order chi connectivity index (χ0) is 14.5. The van der Waals surface area contributed by atoms with E-state index in [9.17, 15) is 4.39 Å². The predicted molar refractivity (Wildman–Crippen MR) is 85.3 cm³/mol. The van der Waals surface area contributed by atoms with Crippen molar-refractivity contribution >= 4 is 31.9 Å². The van der Waals surface area contributed by atoms with Gasteiger partial charge in [0.25, 0.3) is 0 Å². The maximum atomic E-state index is 13.8. The Morgan fingerprint density at radius 3 is 2.65 bits per heavy atom. The van der Waals surface area contributed by atoms with Gasteiger partial charge in [0.2, 0.25) is 0 Å². The summed E-state index contributed by atoms with van der Waals surface area (Å²) in [6.45, 7) is 0.902. The van der Waals surface area contributed by atoms with Crippen molar-refractivity contribution in [3.05, 3.63) is 62.3 Å². The van der Waals surface area contributed by atoms with Crippen molar-refractivity contribution in [2.75, 3.05) is 7.05 Å². The third-order valence-electron chi connectivity index (χ3n) is 2.77. The molecule has 0 bridgehead atoms. The lowest BCUT2D eigenvalue weighted by atomic mass is 10.1. The Labute approximate surface area is 134 Å². The van der Waals surface area contributed by atoms with E-state index < -0.39 is 0 Å². The van der Waals surface area contributed by atoms with E-state index in [-0.39, 0.29) is 12.4 Å². The number of rotatable bonds is 5. The van der Waals surface area contributed by atoms with Gasteiger partial charge in [-0.15, -0.1) is 0 Å². The van der Waals surface area contributed by atoms with Gasteiger partial charge in [-0.3, -0.25) is 0 Å². The Bertz CT molecular complexity index is 604. The van der Waals surface area contributed by atoms with Crippen LogP contribution in [0.2, 0.25) is 0 Å². The monoisotopic (exact) mass is 401 g/mol. The van der Waals surface area contributed by atoms with Gasteiger partial charge in [0.05, 0.1) is 4.47 Å². The highest BCUT2D eigenvalue weighted by molar-refractivity contribution is 9.11. The molecule has 0 radical (unpaired) electrons. The van der Waals surface area contributed by atoms with E-state index in [4.69, 9.17) is 4.74 Å². The number of benzene rings is 2. The molecule has 2 rings (SSSR count). The Hall–Kier alpha value is -0.910. The maximum absolute atomic E-state index is 13.8. The highest BCUT2D eigenvalue weighted by Gasteiger charge is 2.07. The molecule has 0 fully saturated rings. The molecule has 0 amide bonds. The summed E-state index contributed by atoms with van der Waals surface area (Å²) in [4.78, 5) is 0. The quantitative estimate of drug-likeness (QED) is 0.785. The summed E-state index contributed by atoms with van der Waals surface area (Å²) in [6.07, 6.45) is 0. The number of halogens is 3. The van der Waals surface area contributed by atoms with Gasteiger partial charge in [-0.1, -0.05) is 22.0 Å². The lowest BCUT2D eigenvalue weighted by Gasteiger charge is -2.10. The zero-order valence-electron chi connectivity index (χ0n) is 10.9. The van der Waals surface area contributed by atoms with Gasteiger partial charge in [-0.25, -0.2) is 4.39 Å². The SMILES string of the molecule is CNCc1ccc(F)c(COc2ccc(Br)cc2Br)c1. The first-order chi connectivity index (χ1) is 9.60. The fourth-order valence-electron chi connectivity index (χ4n) is 1.80. The molecule has 2 aromatic carbocycles. The summed E-state index contributed by atoms with van der Waals surface area (Å²) >= 11 is 6.80. The van der Waals surface area contributed by atoms with Gasteiger partial charge in [-0.05, 0) is 58.9 Å². The molecule has 0 spiro atoms. The predicted octanol–water partition coefficient (Wildman–Crippen LogP) is 4.65. The highest BCUT2D eigenvalue weighted by Crippen LogP contribution is 2.29. The van der Waals surface area contributed by atoms with Gasteiger partial charge in [0, 0.05) is 16.6 Å². The number of hydrogen-bond acceptors (Lipinski definition) is 2. The molecule has 0 aliphatic carbocycles. The normalized spacial score (nSPS) is 10.6. The van der Waals surface area contributed by atoms with Crippen LogP contribution >= 0.6 is 31.9 Å². The minimum atomic E-state index is -0.252. The molecule has 5 heteroatoms. The molecule has 0 unspecified atom stereocenters. The summed E-state index contributed by atoms with van der Waals surface area (Å²) in [5.74, 6) is 0.435. The molecule has 0 heterocycles. The van der Waals surface area contributed by atoms with Crippen molar-refractivity contribution in [1.29, 1.82) is 0 Å². The Kier molecular flexibility index (Phi) is 5.57. The molecule has 0 saturated carbocycles. The minimum absolute atomic E-state index is 0.198. The second kappa shape index (κ2) is 7.20. The van der Waals surface area contributed by atoms with Crippen molar-refractivity contribution in [3.63, 3.8) is 0 Å². The van der Waals surface area contributed by atoms with Crippen molar-refractivity contribution in [2.24, 2.45) is 0 Å². The van der Waals surface area contributed by atoms with Gasteiger partial charge < -0.3 is 10.1 Å². The molecular weight excluding hydrogens is 389 g/mol. The van der Waals surface area contributed by atoms with Crippen LogP contribution in [-0.4, -0.2) is 7.05 Å². The topological polar surface area (TPSA) is 21.3 Å². The van der Waals surface area contributed by atoms with Crippen LogP contribution in [0.25, 0.3) is 0 Å². The number of hydrogen-bond donors (Lipinski definition) is 1. The summed E-state index contributed by atoms with van der Waals surface area (Å²) in [5.41, 5.74) is 1.58. The smallest absolute Gasteiger partial charge is 0.134 e. The standard InChI is InChI=1S/C15H14Br2FNO/c1-19-8-10-2-4-14(18)11(6-10)9-20-15-5-3-12(16)7-13(15)17/h2-7,19H,8-9H2,1H3. The van der Waals surface area contributed by atoms with E-state index >= 15 is 0 Å². The Balaban J connectivity index is 2.11. The molecule has 0 aromatic heterocycles. The van der Waals surface area contributed by atoms with Crippen molar-refractivity contribution in [2.45, 2.75) is 13.2 Å². The third-order valence-corrected chi connectivity index (χ3v) is 3.88. The van der Waals surface area contributed by atoms with Crippen LogP contribution < -0.4 is 10.1 Å². The second-order valence-electron chi connectivity index (χ2n) is 4.32. The van der Waals surface area contributed by atoms with E-state index in [0.717, 1.165) is 14.5 Å². The number of nitrogens with one attached hydrogen (secondary N) is 1. The Morgan fingerprint density at radius 2 is 1.95 bits per heavy atom. The van der Waals surface area contributed by atoms with Crippen LogP contribution in [0.3, 0.4) is 0 Å². The van der Waals surface area contributed by atoms with Gasteiger partial charge >= 0.3 is 0 Å². The van der Waals surface area contributed by atoms with E-state index in [0.29, 0.717) is 17.9 Å². The molecule has 0 aliphatic heterocycles. The van der Waals surface area contributed by atoms with Crippen LogP contribution in [0, 0.1) is 5.82 Å². The van der Waals surface area contributed by atoms with Crippen LogP contribution in [0.1, 0.15) is 11.1 Å². The summed E-state index contributed by atoms with van der Waals surface area (Å²) < 4.78 is 21.2. The first-order valence-corrected chi connectivity index (χ1v) is 7.68. The molecule has 2 nitrogen and oxygen atoms in total. The molecule has 0 saturated heterocycles. The van der Waals surface area contributed by atoms with Crippen LogP contribution in [0.4, 0.5) is 4.39 Å². The fraction of sp³-hybridized carbons (Fsp3) is 0.200. The van der Waals surface area contributed by atoms with Crippen molar-refractivity contribution < 1.29 is 9.13 Å². The van der Waals surface area contributed by atoms with Gasteiger partial charge in [0.1, 0.15) is 18.2 Å². The molecule has 20 heavy (non-hydrogen) atoms. The first-order valence-electron chi connectivity index (χ1n) is 6.10. The minimum Gasteiger partial charge on any atom is -0.488 e. The third kappa shape index (κ3) is 4.04. The van der Waals surface area contributed by atoms with Gasteiger partial charge in [0.15, 0.2) is 0 Å². The average molecular weight is 403 g/mol. The van der Waals surface area contributed by atoms with Crippen LogP contribution in [0.15, 0.2) is 45.3 Å². The molecular formula is C15H14Br2FNO. The first kappa shape index (κ1) is 15.5.